The SMILES string of the molecule is [CH2-]C/C(C)=C(\[C-]=O)C(=O)c1cccc(CC)c1.[Y]. The maximum Gasteiger partial charge on any atom is 0.0816 e. The Morgan fingerprint density at radius 1 is 1.39 bits per heavy atom. The Morgan fingerprint density at radius 3 is 2.56 bits per heavy atom. The normalized spacial score (nSPS) is 11.3. The smallest absolute Gasteiger partial charge is 0.0816 e. The first-order chi connectivity index (χ1) is 8.13. The number of Topliss-reactive ketones (excluding diaryl/α,β-unsaturated/α-hetero) is 1. The topological polar surface area (TPSA) is 34.1 Å². The van der Waals surface area contributed by atoms with Crippen molar-refractivity contribution < 1.29 is 42.3 Å². The average molecular weight is 317 g/mol. The van der Waals surface area contributed by atoms with Gasteiger partial charge in [0.2, 0.25) is 0 Å². The Balaban J connectivity index is 0.00000289. The van der Waals surface area contributed by atoms with Crippen LogP contribution in [0.4, 0.5) is 0 Å². The second kappa shape index (κ2) is 8.50. The van der Waals surface area contributed by atoms with Gasteiger partial charge in [-0.2, -0.15) is 5.57 Å². The van der Waals surface area contributed by atoms with Crippen LogP contribution in [0.25, 0.3) is 0 Å². The molecule has 1 radical (unpaired) electrons. The van der Waals surface area contributed by atoms with Crippen molar-refractivity contribution in [2.24, 2.45) is 0 Å². The number of carbonyl (C=O) groups excluding carboxylic acids is 2. The number of rotatable bonds is 5. The minimum Gasteiger partial charge on any atom is -0.376 e. The Morgan fingerprint density at radius 2 is 2.06 bits per heavy atom. The standard InChI is InChI=1S/C15H16O2.Y/c1-4-11(3)14(10-16)15(17)13-8-6-7-12(5-2)9-13;/h6-9H,1,4-5H2,2-3H3;/q-2;/b14-11+;. The summed E-state index contributed by atoms with van der Waals surface area (Å²) in [6.45, 7) is 7.43. The van der Waals surface area contributed by atoms with Crippen LogP contribution in [0.5, 0.6) is 0 Å². The molecule has 0 aromatic heterocycles. The van der Waals surface area contributed by atoms with Gasteiger partial charge in [0, 0.05) is 32.7 Å². The molecule has 0 saturated heterocycles. The largest absolute Gasteiger partial charge is 0.376 e. The van der Waals surface area contributed by atoms with Gasteiger partial charge in [0.15, 0.2) is 0 Å². The molecule has 1 rings (SSSR count). The van der Waals surface area contributed by atoms with E-state index in [0.717, 1.165) is 12.0 Å². The molecule has 0 saturated carbocycles. The first kappa shape index (κ1) is 17.4. The fourth-order valence-corrected chi connectivity index (χ4v) is 1.53. The molecule has 0 fully saturated rings. The maximum atomic E-state index is 12.1. The Kier molecular flexibility index (Phi) is 8.21. The van der Waals surface area contributed by atoms with Crippen LogP contribution in [0, 0.1) is 6.92 Å². The minimum absolute atomic E-state index is 0. The predicted octanol–water partition coefficient (Wildman–Crippen LogP) is 3.08. The first-order valence-electron chi connectivity index (χ1n) is 5.64. The van der Waals surface area contributed by atoms with E-state index in [1.165, 1.54) is 0 Å². The van der Waals surface area contributed by atoms with Gasteiger partial charge < -0.3 is 16.5 Å². The molecule has 0 heterocycles. The summed E-state index contributed by atoms with van der Waals surface area (Å²) >= 11 is 0. The zero-order valence-corrected chi connectivity index (χ0v) is 13.7. The van der Waals surface area contributed by atoms with Crippen LogP contribution in [0.1, 0.15) is 36.2 Å². The Bertz CT molecular complexity index is 461. The van der Waals surface area contributed by atoms with E-state index in [1.807, 2.05) is 25.1 Å². The van der Waals surface area contributed by atoms with Gasteiger partial charge in [0.25, 0.3) is 0 Å². The van der Waals surface area contributed by atoms with Crippen LogP contribution in [-0.4, -0.2) is 12.1 Å². The van der Waals surface area contributed by atoms with Crippen molar-refractivity contribution in [2.75, 3.05) is 0 Å². The van der Waals surface area contributed by atoms with Gasteiger partial charge in [-0.25, -0.2) is 6.42 Å². The molecular weight excluding hydrogens is 301 g/mol. The zero-order valence-electron chi connectivity index (χ0n) is 10.8. The van der Waals surface area contributed by atoms with Crippen LogP contribution < -0.4 is 0 Å². The maximum absolute atomic E-state index is 12.1. The Hall–Kier alpha value is -0.596. The summed E-state index contributed by atoms with van der Waals surface area (Å²) in [6, 6.07) is 7.32. The fourth-order valence-electron chi connectivity index (χ4n) is 1.53. The van der Waals surface area contributed by atoms with Gasteiger partial charge in [-0.15, -0.1) is 5.57 Å². The van der Waals surface area contributed by atoms with Crippen LogP contribution in [0.3, 0.4) is 0 Å². The van der Waals surface area contributed by atoms with E-state index in [-0.39, 0.29) is 44.1 Å². The van der Waals surface area contributed by atoms with E-state index in [0.29, 0.717) is 17.6 Å². The van der Waals surface area contributed by atoms with Crippen LogP contribution in [0.2, 0.25) is 0 Å². The van der Waals surface area contributed by atoms with Gasteiger partial charge in [0.1, 0.15) is 0 Å². The van der Waals surface area contributed by atoms with E-state index < -0.39 is 0 Å². The summed E-state index contributed by atoms with van der Waals surface area (Å²) in [5, 5.41) is 0. The molecule has 0 N–H and O–H groups in total. The Labute approximate surface area is 134 Å². The van der Waals surface area contributed by atoms with Crippen molar-refractivity contribution in [2.45, 2.75) is 26.7 Å². The molecule has 93 valence electrons. The van der Waals surface area contributed by atoms with Gasteiger partial charge >= 0.3 is 0 Å². The van der Waals surface area contributed by atoms with Crippen LogP contribution in [-0.2, 0) is 43.9 Å². The molecule has 0 amide bonds. The van der Waals surface area contributed by atoms with E-state index in [9.17, 15) is 9.59 Å². The van der Waals surface area contributed by atoms with Gasteiger partial charge in [-0.3, -0.25) is 0 Å². The number of allylic oxidation sites excluding steroid dienone is 2. The fraction of sp³-hybridized carbons (Fsp3) is 0.267. The zero-order chi connectivity index (χ0) is 12.8. The molecule has 0 spiro atoms. The monoisotopic (exact) mass is 317 g/mol. The van der Waals surface area contributed by atoms with Crippen molar-refractivity contribution in [3.63, 3.8) is 0 Å². The van der Waals surface area contributed by atoms with E-state index in [1.54, 1.807) is 19.3 Å². The molecule has 0 atom stereocenters. The van der Waals surface area contributed by atoms with Gasteiger partial charge in [-0.05, 0) is 17.5 Å². The number of carbonyl (C=O) groups is 1. The van der Waals surface area contributed by atoms with E-state index in [2.05, 4.69) is 6.92 Å². The predicted molar refractivity (Wildman–Crippen MR) is 68.5 cm³/mol. The summed E-state index contributed by atoms with van der Waals surface area (Å²) in [5.74, 6) is -0.267. The molecule has 3 heteroatoms. The van der Waals surface area contributed by atoms with Crippen molar-refractivity contribution in [3.05, 3.63) is 53.5 Å². The summed E-state index contributed by atoms with van der Waals surface area (Å²) in [7, 11) is 0. The molecule has 0 aliphatic carbocycles. The summed E-state index contributed by atoms with van der Waals surface area (Å²) in [4.78, 5) is 22.9. The molecule has 0 unspecified atom stereocenters. The number of hydrogen-bond donors (Lipinski definition) is 0. The van der Waals surface area contributed by atoms with Crippen molar-refractivity contribution in [1.82, 2.24) is 0 Å². The van der Waals surface area contributed by atoms with Gasteiger partial charge in [0.05, 0.1) is 12.1 Å². The molecule has 1 aromatic rings. The number of hydrogen-bond acceptors (Lipinski definition) is 2. The summed E-state index contributed by atoms with van der Waals surface area (Å²) in [6.07, 6.45) is 3.02. The number of aryl methyl sites for hydroxylation is 1. The third kappa shape index (κ3) is 4.26. The molecule has 0 bridgehead atoms. The summed E-state index contributed by atoms with van der Waals surface area (Å²) in [5.41, 5.74) is 2.39. The molecular formula is C15H16O2Y-2. The third-order valence-electron chi connectivity index (χ3n) is 2.73. The van der Waals surface area contributed by atoms with Crippen molar-refractivity contribution >= 4 is 12.1 Å². The number of ketones is 1. The van der Waals surface area contributed by atoms with Crippen molar-refractivity contribution in [1.29, 1.82) is 0 Å². The van der Waals surface area contributed by atoms with Crippen LogP contribution >= 0.6 is 0 Å². The molecule has 1 aromatic carbocycles. The molecule has 18 heavy (non-hydrogen) atoms. The average Bonchev–Trinajstić information content (AvgIpc) is 2.39. The minimum atomic E-state index is -0.267. The molecule has 0 aliphatic heterocycles. The van der Waals surface area contributed by atoms with Crippen molar-refractivity contribution in [3.8, 4) is 0 Å². The quantitative estimate of drug-likeness (QED) is 0.275. The van der Waals surface area contributed by atoms with Gasteiger partial charge in [-0.1, -0.05) is 38.1 Å². The number of benzene rings is 1. The third-order valence-corrected chi connectivity index (χ3v) is 2.73. The van der Waals surface area contributed by atoms with Crippen LogP contribution in [0.15, 0.2) is 35.4 Å². The second-order valence-corrected chi connectivity index (χ2v) is 3.89. The first-order valence-corrected chi connectivity index (χ1v) is 5.64. The van der Waals surface area contributed by atoms with E-state index in [4.69, 9.17) is 0 Å². The molecule has 0 aliphatic rings. The van der Waals surface area contributed by atoms with E-state index >= 15 is 0 Å². The molecule has 2 nitrogen and oxygen atoms in total. The summed E-state index contributed by atoms with van der Waals surface area (Å²) < 4.78 is 0. The second-order valence-electron chi connectivity index (χ2n) is 3.89.